The molecule has 1 heterocycles. The summed E-state index contributed by atoms with van der Waals surface area (Å²) in [7, 11) is 0. The molecule has 1 rings (SSSR count). The number of rotatable bonds is 3. The number of halogens is 2. The molecule has 13 heavy (non-hydrogen) atoms. The van der Waals surface area contributed by atoms with Crippen LogP contribution in [0.4, 0.5) is 8.78 Å². The average Bonchev–Trinajstić information content (AvgIpc) is 2.03. The van der Waals surface area contributed by atoms with E-state index in [1.807, 2.05) is 13.8 Å². The van der Waals surface area contributed by atoms with Crippen LogP contribution in [-0.2, 0) is 0 Å². The number of pyridine rings is 1. The lowest BCUT2D eigenvalue weighted by molar-refractivity contribution is -0.0529. The first-order valence-electron chi connectivity index (χ1n) is 4.00. The monoisotopic (exact) mass is 187 g/mol. The Morgan fingerprint density at radius 3 is 2.62 bits per heavy atom. The molecule has 0 radical (unpaired) electrons. The van der Waals surface area contributed by atoms with Gasteiger partial charge in [0.15, 0.2) is 0 Å². The van der Waals surface area contributed by atoms with Gasteiger partial charge in [0.2, 0.25) is 5.88 Å². The summed E-state index contributed by atoms with van der Waals surface area (Å²) in [6.45, 7) is 1.14. The molecule has 0 saturated carbocycles. The molecule has 0 saturated heterocycles. The molecular weight excluding hydrogens is 176 g/mol. The number of hydrogen-bond donors (Lipinski definition) is 0. The summed E-state index contributed by atoms with van der Waals surface area (Å²) >= 11 is 0. The molecule has 4 heteroatoms. The van der Waals surface area contributed by atoms with Crippen molar-refractivity contribution < 1.29 is 13.5 Å². The third-order valence-electron chi connectivity index (χ3n) is 1.64. The minimum Gasteiger partial charge on any atom is -0.417 e. The summed E-state index contributed by atoms with van der Waals surface area (Å²) in [4.78, 5) is 3.66. The van der Waals surface area contributed by atoms with Crippen molar-refractivity contribution in [3.8, 4) is 5.88 Å². The molecule has 0 aromatic carbocycles. The van der Waals surface area contributed by atoms with E-state index in [0.717, 1.165) is 5.56 Å². The van der Waals surface area contributed by atoms with Crippen molar-refractivity contribution in [2.75, 3.05) is 0 Å². The van der Waals surface area contributed by atoms with Gasteiger partial charge in [0.1, 0.15) is 0 Å². The molecule has 1 aromatic heterocycles. The molecule has 0 unspecified atom stereocenters. The van der Waals surface area contributed by atoms with Crippen LogP contribution in [0.1, 0.15) is 25.3 Å². The molecule has 2 nitrogen and oxygen atoms in total. The molecule has 1 aromatic rings. The Labute approximate surface area is 75.6 Å². The highest BCUT2D eigenvalue weighted by molar-refractivity contribution is 5.22. The lowest BCUT2D eigenvalue weighted by atomic mass is 10.1. The minimum atomic E-state index is -2.81. The van der Waals surface area contributed by atoms with Gasteiger partial charge in [-0.05, 0) is 17.5 Å². The van der Waals surface area contributed by atoms with Crippen molar-refractivity contribution in [3.63, 3.8) is 0 Å². The molecule has 0 atom stereocenters. The summed E-state index contributed by atoms with van der Waals surface area (Å²) in [6, 6.07) is 3.31. The lowest BCUT2D eigenvalue weighted by Crippen LogP contribution is -2.04. The van der Waals surface area contributed by atoms with Gasteiger partial charge < -0.3 is 4.74 Å². The van der Waals surface area contributed by atoms with Crippen molar-refractivity contribution in [2.45, 2.75) is 26.4 Å². The first-order chi connectivity index (χ1) is 6.09. The van der Waals surface area contributed by atoms with Crippen molar-refractivity contribution in [1.29, 1.82) is 0 Å². The zero-order valence-corrected chi connectivity index (χ0v) is 7.50. The molecule has 0 spiro atoms. The summed E-state index contributed by atoms with van der Waals surface area (Å²) < 4.78 is 27.7. The predicted molar refractivity (Wildman–Crippen MR) is 45.0 cm³/mol. The highest BCUT2D eigenvalue weighted by Crippen LogP contribution is 2.18. The van der Waals surface area contributed by atoms with Gasteiger partial charge in [0, 0.05) is 12.3 Å². The molecule has 0 aliphatic rings. The Balaban J connectivity index is 2.79. The summed E-state index contributed by atoms with van der Waals surface area (Å²) in [5, 5.41) is 0. The fourth-order valence-electron chi connectivity index (χ4n) is 0.940. The molecule has 0 aliphatic heterocycles. The molecule has 0 fully saturated rings. The first-order valence-corrected chi connectivity index (χ1v) is 4.00. The Morgan fingerprint density at radius 2 is 2.08 bits per heavy atom. The van der Waals surface area contributed by atoms with Crippen molar-refractivity contribution >= 4 is 0 Å². The van der Waals surface area contributed by atoms with E-state index in [2.05, 4.69) is 9.72 Å². The maximum absolute atomic E-state index is 11.8. The predicted octanol–water partition coefficient (Wildman–Crippen LogP) is 2.81. The van der Waals surface area contributed by atoms with Crippen LogP contribution in [-0.4, -0.2) is 11.6 Å². The van der Waals surface area contributed by atoms with Crippen molar-refractivity contribution in [1.82, 2.24) is 4.98 Å². The number of aromatic nitrogens is 1. The van der Waals surface area contributed by atoms with Crippen LogP contribution in [0.2, 0.25) is 0 Å². The Morgan fingerprint density at radius 1 is 1.38 bits per heavy atom. The van der Waals surface area contributed by atoms with Crippen LogP contribution in [0.15, 0.2) is 18.3 Å². The van der Waals surface area contributed by atoms with Crippen LogP contribution in [0.5, 0.6) is 5.88 Å². The fraction of sp³-hybridized carbons (Fsp3) is 0.444. The average molecular weight is 187 g/mol. The Hall–Kier alpha value is -1.19. The first kappa shape index (κ1) is 9.89. The van der Waals surface area contributed by atoms with Crippen LogP contribution < -0.4 is 4.74 Å². The largest absolute Gasteiger partial charge is 0.417 e. The quantitative estimate of drug-likeness (QED) is 0.725. The second-order valence-corrected chi connectivity index (χ2v) is 2.96. The van der Waals surface area contributed by atoms with Crippen LogP contribution in [0, 0.1) is 0 Å². The van der Waals surface area contributed by atoms with Gasteiger partial charge in [-0.25, -0.2) is 4.98 Å². The summed E-state index contributed by atoms with van der Waals surface area (Å²) in [6.07, 6.45) is 1.47. The summed E-state index contributed by atoms with van der Waals surface area (Å²) in [5.41, 5.74) is 0.936. The van der Waals surface area contributed by atoms with Gasteiger partial charge in [0.05, 0.1) is 0 Å². The third-order valence-corrected chi connectivity index (χ3v) is 1.64. The van der Waals surface area contributed by atoms with E-state index in [0.29, 0.717) is 0 Å². The van der Waals surface area contributed by atoms with Crippen LogP contribution in [0.25, 0.3) is 0 Å². The number of nitrogens with zero attached hydrogens (tertiary/aromatic N) is 1. The molecule has 0 bridgehead atoms. The maximum atomic E-state index is 11.8. The van der Waals surface area contributed by atoms with E-state index in [9.17, 15) is 8.78 Å². The van der Waals surface area contributed by atoms with E-state index in [1.54, 1.807) is 6.07 Å². The second-order valence-electron chi connectivity index (χ2n) is 2.96. The zero-order valence-electron chi connectivity index (χ0n) is 7.50. The fourth-order valence-corrected chi connectivity index (χ4v) is 0.940. The van der Waals surface area contributed by atoms with Gasteiger partial charge in [-0.3, -0.25) is 0 Å². The Bertz CT molecular complexity index is 276. The van der Waals surface area contributed by atoms with E-state index < -0.39 is 6.61 Å². The topological polar surface area (TPSA) is 22.1 Å². The minimum absolute atomic E-state index is 0.0267. The van der Waals surface area contributed by atoms with Gasteiger partial charge in [-0.2, -0.15) is 8.78 Å². The van der Waals surface area contributed by atoms with Gasteiger partial charge in [-0.1, -0.05) is 13.8 Å². The molecule has 0 amide bonds. The maximum Gasteiger partial charge on any atom is 0.388 e. The number of alkyl halides is 2. The van der Waals surface area contributed by atoms with E-state index >= 15 is 0 Å². The smallest absolute Gasteiger partial charge is 0.388 e. The lowest BCUT2D eigenvalue weighted by Gasteiger charge is -2.07. The van der Waals surface area contributed by atoms with Crippen LogP contribution >= 0.6 is 0 Å². The van der Waals surface area contributed by atoms with Gasteiger partial charge in [0.25, 0.3) is 0 Å². The summed E-state index contributed by atoms with van der Waals surface area (Å²) in [5.74, 6) is 0.254. The van der Waals surface area contributed by atoms with Crippen molar-refractivity contribution in [2.24, 2.45) is 0 Å². The zero-order chi connectivity index (χ0) is 9.84. The van der Waals surface area contributed by atoms with E-state index in [4.69, 9.17) is 0 Å². The van der Waals surface area contributed by atoms with Gasteiger partial charge >= 0.3 is 6.61 Å². The highest BCUT2D eigenvalue weighted by atomic mass is 19.3. The standard InChI is InChI=1S/C9H11F2NO/c1-6(2)7-3-4-12-8(5-7)13-9(10)11/h3-6,9H,1-2H3. The van der Waals surface area contributed by atoms with Gasteiger partial charge in [-0.15, -0.1) is 0 Å². The molecular formula is C9H11F2NO. The van der Waals surface area contributed by atoms with Crippen LogP contribution in [0.3, 0.4) is 0 Å². The molecule has 0 aliphatic carbocycles. The third kappa shape index (κ3) is 2.97. The van der Waals surface area contributed by atoms with E-state index in [1.165, 1.54) is 12.3 Å². The molecule has 0 N–H and O–H groups in total. The Kier molecular flexibility index (Phi) is 3.17. The van der Waals surface area contributed by atoms with Crippen molar-refractivity contribution in [3.05, 3.63) is 23.9 Å². The number of hydrogen-bond acceptors (Lipinski definition) is 2. The molecule has 72 valence electrons. The van der Waals surface area contributed by atoms with E-state index in [-0.39, 0.29) is 11.8 Å². The normalized spacial score (nSPS) is 10.9. The highest BCUT2D eigenvalue weighted by Gasteiger charge is 2.06. The number of ether oxygens (including phenoxy) is 1. The SMILES string of the molecule is CC(C)c1ccnc(OC(F)F)c1. The second kappa shape index (κ2) is 4.16.